The van der Waals surface area contributed by atoms with Gasteiger partial charge in [-0.15, -0.1) is 0 Å². The summed E-state index contributed by atoms with van der Waals surface area (Å²) in [6, 6.07) is 9.29. The number of carbonyl (C=O) groups excluding carboxylic acids is 2. The molecule has 0 radical (unpaired) electrons. The molecule has 1 amide bonds. The molecule has 74 valence electrons. The second-order valence-corrected chi connectivity index (χ2v) is 3.22. The average Bonchev–Trinajstić information content (AvgIpc) is 2.16. The average molecular weight is 212 g/mol. The van der Waals surface area contributed by atoms with Gasteiger partial charge in [0.1, 0.15) is 0 Å². The van der Waals surface area contributed by atoms with E-state index in [-0.39, 0.29) is 18.9 Å². The Kier molecular flexibility index (Phi) is 4.13. The van der Waals surface area contributed by atoms with Crippen molar-refractivity contribution in [3.8, 4) is 0 Å². The molecule has 0 spiro atoms. The quantitative estimate of drug-likeness (QED) is 0.759. The molecule has 0 aliphatic carbocycles. The molecule has 0 aliphatic heterocycles. The van der Waals surface area contributed by atoms with Crippen LogP contribution >= 0.6 is 11.6 Å². The van der Waals surface area contributed by atoms with Gasteiger partial charge in [-0.3, -0.25) is 9.59 Å². The molecule has 14 heavy (non-hydrogen) atoms. The molecular formula is C10H10ClNO2. The molecule has 0 unspecified atom stereocenters. The maximum atomic E-state index is 11.2. The molecule has 3 nitrogen and oxygen atoms in total. The Bertz CT molecular complexity index is 324. The van der Waals surface area contributed by atoms with Gasteiger partial charge in [-0.25, -0.2) is 0 Å². The summed E-state index contributed by atoms with van der Waals surface area (Å²) in [5.41, 5.74) is 0.909. The van der Waals surface area contributed by atoms with Gasteiger partial charge in [-0.1, -0.05) is 30.3 Å². The highest BCUT2D eigenvalue weighted by molar-refractivity contribution is 6.64. The lowest BCUT2D eigenvalue weighted by molar-refractivity contribution is -0.122. The highest BCUT2D eigenvalue weighted by Gasteiger charge is 2.03. The van der Waals surface area contributed by atoms with Crippen LogP contribution in [-0.4, -0.2) is 17.7 Å². The van der Waals surface area contributed by atoms with E-state index in [1.165, 1.54) is 0 Å². The summed E-state index contributed by atoms with van der Waals surface area (Å²) in [6.45, 7) is -0.118. The number of rotatable bonds is 4. The summed E-state index contributed by atoms with van der Waals surface area (Å²) in [7, 11) is 0. The number of hydrogen-bond donors (Lipinski definition) is 1. The van der Waals surface area contributed by atoms with E-state index >= 15 is 0 Å². The first-order valence-corrected chi connectivity index (χ1v) is 4.55. The van der Waals surface area contributed by atoms with Crippen molar-refractivity contribution in [2.75, 3.05) is 6.54 Å². The van der Waals surface area contributed by atoms with Gasteiger partial charge in [0.2, 0.25) is 11.1 Å². The molecule has 0 fully saturated rings. The molecule has 0 aliphatic rings. The molecule has 1 rings (SSSR count). The van der Waals surface area contributed by atoms with Crippen LogP contribution in [0.5, 0.6) is 0 Å². The Labute approximate surface area is 87.1 Å². The molecule has 1 N–H and O–H groups in total. The third kappa shape index (κ3) is 4.05. The first-order chi connectivity index (χ1) is 6.68. The van der Waals surface area contributed by atoms with Crippen molar-refractivity contribution in [3.05, 3.63) is 35.9 Å². The molecule has 0 heterocycles. The van der Waals surface area contributed by atoms with Crippen molar-refractivity contribution in [2.45, 2.75) is 6.42 Å². The van der Waals surface area contributed by atoms with Crippen LogP contribution in [0, 0.1) is 0 Å². The van der Waals surface area contributed by atoms with Crippen molar-refractivity contribution in [2.24, 2.45) is 0 Å². The molecule has 0 atom stereocenters. The predicted octanol–water partition coefficient (Wildman–Crippen LogP) is 1.11. The van der Waals surface area contributed by atoms with Crippen molar-refractivity contribution < 1.29 is 9.59 Å². The second-order valence-electron chi connectivity index (χ2n) is 2.79. The molecular weight excluding hydrogens is 202 g/mol. The van der Waals surface area contributed by atoms with E-state index in [1.807, 2.05) is 30.3 Å². The summed E-state index contributed by atoms with van der Waals surface area (Å²) in [4.78, 5) is 21.5. The zero-order valence-corrected chi connectivity index (χ0v) is 8.25. The monoisotopic (exact) mass is 211 g/mol. The lowest BCUT2D eigenvalue weighted by Gasteiger charge is -2.01. The number of halogens is 1. The molecule has 0 bridgehead atoms. The number of amides is 1. The maximum Gasteiger partial charge on any atom is 0.240 e. The van der Waals surface area contributed by atoms with E-state index in [9.17, 15) is 9.59 Å². The van der Waals surface area contributed by atoms with Crippen LogP contribution in [0.2, 0.25) is 0 Å². The first kappa shape index (κ1) is 10.7. The van der Waals surface area contributed by atoms with Gasteiger partial charge in [0.25, 0.3) is 0 Å². The maximum absolute atomic E-state index is 11.2. The van der Waals surface area contributed by atoms with Gasteiger partial charge < -0.3 is 5.32 Å². The highest BCUT2D eigenvalue weighted by Crippen LogP contribution is 1.98. The van der Waals surface area contributed by atoms with E-state index in [0.717, 1.165) is 5.56 Å². The fraction of sp³-hybridized carbons (Fsp3) is 0.200. The molecule has 1 aromatic carbocycles. The van der Waals surface area contributed by atoms with E-state index in [0.29, 0.717) is 0 Å². The smallest absolute Gasteiger partial charge is 0.240 e. The van der Waals surface area contributed by atoms with Gasteiger partial charge in [-0.2, -0.15) is 0 Å². The van der Waals surface area contributed by atoms with Gasteiger partial charge in [-0.05, 0) is 17.2 Å². The van der Waals surface area contributed by atoms with Gasteiger partial charge in [0.15, 0.2) is 0 Å². The van der Waals surface area contributed by atoms with E-state index < -0.39 is 5.24 Å². The highest BCUT2D eigenvalue weighted by atomic mass is 35.5. The Morgan fingerprint density at radius 2 is 1.86 bits per heavy atom. The van der Waals surface area contributed by atoms with Gasteiger partial charge in [0.05, 0.1) is 13.0 Å². The van der Waals surface area contributed by atoms with Crippen LogP contribution in [0.1, 0.15) is 5.56 Å². The van der Waals surface area contributed by atoms with Crippen LogP contribution in [0.25, 0.3) is 0 Å². The lowest BCUT2D eigenvalue weighted by Crippen LogP contribution is -2.28. The van der Waals surface area contributed by atoms with Crippen LogP contribution < -0.4 is 5.32 Å². The summed E-state index contributed by atoms with van der Waals surface area (Å²) in [5, 5.41) is 1.85. The Balaban J connectivity index is 2.38. The van der Waals surface area contributed by atoms with Crippen LogP contribution in [0.4, 0.5) is 0 Å². The minimum absolute atomic E-state index is 0.118. The zero-order valence-electron chi connectivity index (χ0n) is 7.50. The van der Waals surface area contributed by atoms with E-state index in [4.69, 9.17) is 11.6 Å². The van der Waals surface area contributed by atoms with Crippen LogP contribution in [-0.2, 0) is 16.0 Å². The molecule has 1 aromatic rings. The summed E-state index contributed by atoms with van der Waals surface area (Å²) >= 11 is 5.07. The first-order valence-electron chi connectivity index (χ1n) is 4.17. The minimum atomic E-state index is -0.564. The summed E-state index contributed by atoms with van der Waals surface area (Å²) in [6.07, 6.45) is 0.269. The Hall–Kier alpha value is -1.35. The third-order valence-corrected chi connectivity index (χ3v) is 1.77. The van der Waals surface area contributed by atoms with Gasteiger partial charge >= 0.3 is 0 Å². The summed E-state index contributed by atoms with van der Waals surface area (Å²) < 4.78 is 0. The number of nitrogens with one attached hydrogen (secondary N) is 1. The standard InChI is InChI=1S/C10H10ClNO2/c11-9(13)7-12-10(14)6-8-4-2-1-3-5-8/h1-5H,6-7H2,(H,12,14). The minimum Gasteiger partial charge on any atom is -0.347 e. The van der Waals surface area contributed by atoms with E-state index in [1.54, 1.807) is 0 Å². The fourth-order valence-corrected chi connectivity index (χ4v) is 1.08. The molecule has 0 saturated heterocycles. The number of benzene rings is 1. The zero-order chi connectivity index (χ0) is 10.4. The van der Waals surface area contributed by atoms with Crippen molar-refractivity contribution in [1.29, 1.82) is 0 Å². The number of hydrogen-bond acceptors (Lipinski definition) is 2. The third-order valence-electron chi connectivity index (χ3n) is 1.63. The molecule has 0 saturated carbocycles. The summed E-state index contributed by atoms with van der Waals surface area (Å²) in [5.74, 6) is -0.204. The van der Waals surface area contributed by atoms with Crippen molar-refractivity contribution in [1.82, 2.24) is 5.32 Å². The number of carbonyl (C=O) groups is 2. The van der Waals surface area contributed by atoms with E-state index in [2.05, 4.69) is 5.32 Å². The molecule has 0 aromatic heterocycles. The van der Waals surface area contributed by atoms with Crippen molar-refractivity contribution >= 4 is 22.8 Å². The topological polar surface area (TPSA) is 46.2 Å². The Morgan fingerprint density at radius 3 is 2.43 bits per heavy atom. The second kappa shape index (κ2) is 5.40. The predicted molar refractivity (Wildman–Crippen MR) is 54.0 cm³/mol. The molecule has 4 heteroatoms. The lowest BCUT2D eigenvalue weighted by atomic mass is 10.1. The van der Waals surface area contributed by atoms with Crippen LogP contribution in [0.15, 0.2) is 30.3 Å². The normalized spacial score (nSPS) is 9.50. The SMILES string of the molecule is O=C(Cl)CNC(=O)Cc1ccccc1. The fourth-order valence-electron chi connectivity index (χ4n) is 1.01. The van der Waals surface area contributed by atoms with Crippen LogP contribution in [0.3, 0.4) is 0 Å². The largest absolute Gasteiger partial charge is 0.347 e. The Morgan fingerprint density at radius 1 is 1.21 bits per heavy atom. The van der Waals surface area contributed by atoms with Crippen molar-refractivity contribution in [3.63, 3.8) is 0 Å². The van der Waals surface area contributed by atoms with Gasteiger partial charge in [0, 0.05) is 0 Å².